The van der Waals surface area contributed by atoms with Crippen molar-refractivity contribution in [1.29, 1.82) is 0 Å². The second-order valence-electron chi connectivity index (χ2n) is 4.75. The molecule has 1 unspecified atom stereocenters. The van der Waals surface area contributed by atoms with E-state index in [1.165, 1.54) is 18.2 Å². The molecule has 0 heterocycles. The van der Waals surface area contributed by atoms with Gasteiger partial charge in [0.25, 0.3) is 0 Å². The number of aliphatic carboxylic acids is 1. The molecular weight excluding hydrogens is 419 g/mol. The number of hydrogen-bond acceptors (Lipinski definition) is 3. The minimum Gasteiger partial charge on any atom is -0.481 e. The van der Waals surface area contributed by atoms with Gasteiger partial charge in [0.15, 0.2) is 0 Å². The van der Waals surface area contributed by atoms with E-state index < -0.39 is 42.2 Å². The molecule has 0 saturated heterocycles. The Balaban J connectivity index is 3.47. The molecule has 24 heavy (non-hydrogen) atoms. The van der Waals surface area contributed by atoms with Gasteiger partial charge in [-0.05, 0) is 23.2 Å². The number of halogens is 5. The summed E-state index contributed by atoms with van der Waals surface area (Å²) >= 11 is 8.32. The lowest BCUT2D eigenvalue weighted by atomic mass is 10.1. The van der Waals surface area contributed by atoms with Gasteiger partial charge in [0.05, 0.1) is 12.5 Å². The third-order valence-corrected chi connectivity index (χ3v) is 3.79. The summed E-state index contributed by atoms with van der Waals surface area (Å²) in [6.45, 7) is 0. The van der Waals surface area contributed by atoms with Gasteiger partial charge in [0.1, 0.15) is 0 Å². The number of carbonyl (C=O) groups is 3. The summed E-state index contributed by atoms with van der Waals surface area (Å²) in [5.74, 6) is -3.73. The average molecular weight is 431 g/mol. The minimum atomic E-state index is -5.24. The predicted octanol–water partition coefficient (Wildman–Crippen LogP) is 3.48. The van der Waals surface area contributed by atoms with Crippen LogP contribution in [0.25, 0.3) is 0 Å². The molecule has 0 bridgehead atoms. The van der Waals surface area contributed by atoms with Crippen molar-refractivity contribution < 1.29 is 32.7 Å². The first-order valence-electron chi connectivity index (χ1n) is 6.52. The zero-order valence-electron chi connectivity index (χ0n) is 12.0. The van der Waals surface area contributed by atoms with Gasteiger partial charge in [-0.2, -0.15) is 13.2 Å². The Hall–Kier alpha value is -1.61. The van der Waals surface area contributed by atoms with Crippen LogP contribution < -0.4 is 4.90 Å². The summed E-state index contributed by atoms with van der Waals surface area (Å²) in [6, 6.07) is 4.10. The summed E-state index contributed by atoms with van der Waals surface area (Å²) < 4.78 is 39.0. The van der Waals surface area contributed by atoms with Gasteiger partial charge < -0.3 is 10.0 Å². The van der Waals surface area contributed by atoms with E-state index in [0.29, 0.717) is 5.56 Å². The van der Waals surface area contributed by atoms with Gasteiger partial charge in [-0.25, -0.2) is 0 Å². The standard InChI is InChI=1S/C14H12BrClF3NO4/c15-7-8-3-1-2-4-10(8)20(13(24)14(17,18)19)9(5-11(16)21)6-12(22)23/h1-4,9H,5-7H2,(H,22,23). The first kappa shape index (κ1) is 20.4. The smallest absolute Gasteiger partial charge is 0.471 e. The van der Waals surface area contributed by atoms with Crippen LogP contribution in [0.3, 0.4) is 0 Å². The number of alkyl halides is 4. The van der Waals surface area contributed by atoms with E-state index in [-0.39, 0.29) is 15.9 Å². The lowest BCUT2D eigenvalue weighted by Gasteiger charge is -2.32. The van der Waals surface area contributed by atoms with Crippen molar-refractivity contribution >= 4 is 50.3 Å². The lowest BCUT2D eigenvalue weighted by Crippen LogP contribution is -2.49. The van der Waals surface area contributed by atoms with Crippen LogP contribution in [0, 0.1) is 0 Å². The monoisotopic (exact) mass is 429 g/mol. The Morgan fingerprint density at radius 1 is 1.21 bits per heavy atom. The predicted molar refractivity (Wildman–Crippen MR) is 84.1 cm³/mol. The molecule has 1 rings (SSSR count). The molecule has 0 saturated carbocycles. The number of anilines is 1. The third kappa shape index (κ3) is 5.48. The number of carboxylic acids is 1. The maximum absolute atomic E-state index is 13.0. The molecule has 1 aromatic rings. The molecule has 1 N–H and O–H groups in total. The van der Waals surface area contributed by atoms with Crippen LogP contribution in [0.2, 0.25) is 0 Å². The molecule has 0 aliphatic carbocycles. The quantitative estimate of drug-likeness (QED) is 0.531. The van der Waals surface area contributed by atoms with E-state index in [1.807, 2.05) is 0 Å². The SMILES string of the molecule is O=C(O)CC(CC(=O)Cl)N(C(=O)C(F)(F)F)c1ccccc1CBr. The second-order valence-corrected chi connectivity index (χ2v) is 5.73. The number of amides is 1. The normalized spacial score (nSPS) is 12.5. The van der Waals surface area contributed by atoms with Crippen LogP contribution >= 0.6 is 27.5 Å². The fraction of sp³-hybridized carbons (Fsp3) is 0.357. The summed E-state index contributed by atoms with van der Waals surface area (Å²) in [5.41, 5.74) is 0.188. The number of nitrogens with zero attached hydrogens (tertiary/aromatic N) is 1. The van der Waals surface area contributed by atoms with Gasteiger partial charge in [-0.1, -0.05) is 34.1 Å². The van der Waals surface area contributed by atoms with Gasteiger partial charge in [0, 0.05) is 17.4 Å². The molecule has 5 nitrogen and oxygen atoms in total. The number of rotatable bonds is 7. The van der Waals surface area contributed by atoms with Crippen molar-refractivity contribution in [1.82, 2.24) is 0 Å². The van der Waals surface area contributed by atoms with Crippen molar-refractivity contribution in [2.45, 2.75) is 30.4 Å². The highest BCUT2D eigenvalue weighted by Crippen LogP contribution is 2.31. The number of carbonyl (C=O) groups excluding carboxylic acids is 2. The molecule has 10 heteroatoms. The summed E-state index contributed by atoms with van der Waals surface area (Å²) in [6.07, 6.45) is -6.84. The Morgan fingerprint density at radius 3 is 2.25 bits per heavy atom. The average Bonchev–Trinajstić information content (AvgIpc) is 2.45. The molecule has 1 atom stereocenters. The molecule has 0 fully saturated rings. The van der Waals surface area contributed by atoms with Gasteiger partial charge in [-0.15, -0.1) is 0 Å². The zero-order chi connectivity index (χ0) is 18.5. The Labute approximate surface area is 148 Å². The van der Waals surface area contributed by atoms with E-state index in [1.54, 1.807) is 6.07 Å². The highest BCUT2D eigenvalue weighted by atomic mass is 79.9. The molecular formula is C14H12BrClF3NO4. The molecule has 1 aromatic carbocycles. The number of para-hydroxylation sites is 1. The van der Waals surface area contributed by atoms with Crippen LogP contribution in [0.15, 0.2) is 24.3 Å². The van der Waals surface area contributed by atoms with Gasteiger partial charge >= 0.3 is 18.1 Å². The van der Waals surface area contributed by atoms with Crippen molar-refractivity contribution in [3.8, 4) is 0 Å². The van der Waals surface area contributed by atoms with Gasteiger partial charge in [0.2, 0.25) is 5.24 Å². The third-order valence-electron chi connectivity index (χ3n) is 3.03. The minimum absolute atomic E-state index is 0.124. The molecule has 0 radical (unpaired) electrons. The van der Waals surface area contributed by atoms with Crippen molar-refractivity contribution in [3.05, 3.63) is 29.8 Å². The summed E-state index contributed by atoms with van der Waals surface area (Å²) in [4.78, 5) is 34.3. The highest BCUT2D eigenvalue weighted by molar-refractivity contribution is 9.08. The Bertz CT molecular complexity index is 623. The highest BCUT2D eigenvalue weighted by Gasteiger charge is 2.46. The summed E-state index contributed by atoms with van der Waals surface area (Å²) in [5, 5.41) is 8.00. The first-order chi connectivity index (χ1) is 11.1. The first-order valence-corrected chi connectivity index (χ1v) is 8.02. The molecule has 0 aliphatic rings. The topological polar surface area (TPSA) is 74.7 Å². The van der Waals surface area contributed by atoms with Crippen LogP contribution in [-0.2, 0) is 19.7 Å². The largest absolute Gasteiger partial charge is 0.481 e. The van der Waals surface area contributed by atoms with E-state index in [2.05, 4.69) is 15.9 Å². The van der Waals surface area contributed by atoms with Crippen LogP contribution in [0.1, 0.15) is 18.4 Å². The number of hydrogen-bond donors (Lipinski definition) is 1. The van der Waals surface area contributed by atoms with Gasteiger partial charge in [-0.3, -0.25) is 14.4 Å². The van der Waals surface area contributed by atoms with E-state index >= 15 is 0 Å². The van der Waals surface area contributed by atoms with E-state index in [4.69, 9.17) is 16.7 Å². The summed E-state index contributed by atoms with van der Waals surface area (Å²) in [7, 11) is 0. The Kier molecular flexibility index (Phi) is 7.22. The van der Waals surface area contributed by atoms with E-state index in [0.717, 1.165) is 0 Å². The molecule has 0 spiro atoms. The van der Waals surface area contributed by atoms with Crippen LogP contribution in [-0.4, -0.2) is 34.4 Å². The van der Waals surface area contributed by atoms with Crippen molar-refractivity contribution in [2.75, 3.05) is 4.90 Å². The Morgan fingerprint density at radius 2 is 1.79 bits per heavy atom. The van der Waals surface area contributed by atoms with Crippen molar-refractivity contribution in [2.24, 2.45) is 0 Å². The van der Waals surface area contributed by atoms with Crippen molar-refractivity contribution in [3.63, 3.8) is 0 Å². The second kappa shape index (κ2) is 8.48. The lowest BCUT2D eigenvalue weighted by molar-refractivity contribution is -0.171. The molecule has 132 valence electrons. The number of carboxylic acid groups (broad SMARTS) is 1. The van der Waals surface area contributed by atoms with Crippen LogP contribution in [0.5, 0.6) is 0 Å². The molecule has 1 amide bonds. The molecule has 0 aliphatic heterocycles. The fourth-order valence-electron chi connectivity index (χ4n) is 2.11. The van der Waals surface area contributed by atoms with Crippen LogP contribution in [0.4, 0.5) is 18.9 Å². The maximum Gasteiger partial charge on any atom is 0.471 e. The van der Waals surface area contributed by atoms with E-state index in [9.17, 15) is 27.6 Å². The molecule has 0 aromatic heterocycles. The number of benzene rings is 1. The zero-order valence-corrected chi connectivity index (χ0v) is 14.4. The maximum atomic E-state index is 13.0. The fourth-order valence-corrected chi connectivity index (χ4v) is 2.76.